The van der Waals surface area contributed by atoms with Crippen LogP contribution in [-0.4, -0.2) is 42.3 Å². The first-order chi connectivity index (χ1) is 17.3. The number of hydrogen-bond acceptors (Lipinski definition) is 4. The van der Waals surface area contributed by atoms with Crippen molar-refractivity contribution in [3.05, 3.63) is 95.3 Å². The van der Waals surface area contributed by atoms with E-state index >= 15 is 0 Å². The van der Waals surface area contributed by atoms with Gasteiger partial charge in [0.05, 0.1) is 12.6 Å². The molecule has 3 aromatic carbocycles. The molecule has 2 N–H and O–H groups in total. The Morgan fingerprint density at radius 2 is 1.69 bits per heavy atom. The van der Waals surface area contributed by atoms with Crippen LogP contribution < -0.4 is 5.32 Å². The number of hydrogen-bond donors (Lipinski definition) is 2. The van der Waals surface area contributed by atoms with Crippen LogP contribution in [0.25, 0.3) is 11.1 Å². The molecule has 8 heteroatoms. The average molecular weight is 499 g/mol. The molecule has 4 rings (SSSR count). The molecule has 1 aliphatic rings. The van der Waals surface area contributed by atoms with Gasteiger partial charge in [0.25, 0.3) is 0 Å². The Labute approximate surface area is 208 Å². The van der Waals surface area contributed by atoms with E-state index in [0.717, 1.165) is 17.2 Å². The maximum Gasteiger partial charge on any atom is 0.411 e. The Kier molecular flexibility index (Phi) is 7.96. The Bertz CT molecular complexity index is 1190. The third-order valence-corrected chi connectivity index (χ3v) is 6.74. The molecule has 2 unspecified atom stereocenters. The minimum absolute atomic E-state index is 0.00121. The first kappa shape index (κ1) is 25.7. The fraction of sp³-hybridized carbons (Fsp3) is 0.321. The summed E-state index contributed by atoms with van der Waals surface area (Å²) >= 11 is 0. The van der Waals surface area contributed by atoms with E-state index in [9.17, 15) is 18.0 Å². The Morgan fingerprint density at radius 3 is 2.33 bits per heavy atom. The maximum absolute atomic E-state index is 14.2. The molecule has 0 saturated carbocycles. The predicted molar refractivity (Wildman–Crippen MR) is 131 cm³/mol. The second kappa shape index (κ2) is 11.1. The molecule has 2 atom stereocenters. The zero-order valence-corrected chi connectivity index (χ0v) is 20.0. The smallest absolute Gasteiger partial charge is 0.411 e. The number of nitrogens with zero attached hydrogens (tertiary/aromatic N) is 1. The number of amides is 1. The highest BCUT2D eigenvalue weighted by molar-refractivity contribution is 5.70. The number of cyclic esters (lactones) is 1. The zero-order valence-electron chi connectivity index (χ0n) is 20.0. The molecule has 0 aromatic heterocycles. The fourth-order valence-electron chi connectivity index (χ4n) is 4.64. The molecule has 1 aliphatic heterocycles. The summed E-state index contributed by atoms with van der Waals surface area (Å²) in [4.78, 5) is 14.8. The third-order valence-electron chi connectivity index (χ3n) is 6.74. The number of rotatable bonds is 9. The first-order valence-electron chi connectivity index (χ1n) is 12.0. The van der Waals surface area contributed by atoms with Crippen LogP contribution >= 0.6 is 0 Å². The van der Waals surface area contributed by atoms with Crippen LogP contribution in [0.1, 0.15) is 36.9 Å². The number of halogens is 3. The SMILES string of the molecule is CC(c1ccc(-c2ccc(F)cc2F)cc1)N1CCC(CCNCCO)(c2ccc(F)cc2)OC1=O. The van der Waals surface area contributed by atoms with Crippen molar-refractivity contribution in [2.75, 3.05) is 26.2 Å². The van der Waals surface area contributed by atoms with Crippen LogP contribution in [-0.2, 0) is 10.3 Å². The number of carbonyl (C=O) groups excluding carboxylic acids is 1. The summed E-state index contributed by atoms with van der Waals surface area (Å²) in [5.41, 5.74) is 1.56. The van der Waals surface area contributed by atoms with E-state index in [4.69, 9.17) is 9.84 Å². The lowest BCUT2D eigenvalue weighted by molar-refractivity contribution is -0.0651. The lowest BCUT2D eigenvalue weighted by Gasteiger charge is -2.43. The van der Waals surface area contributed by atoms with Crippen LogP contribution in [0.3, 0.4) is 0 Å². The molecule has 1 fully saturated rings. The van der Waals surface area contributed by atoms with Crippen molar-refractivity contribution in [3.8, 4) is 11.1 Å². The Morgan fingerprint density at radius 1 is 1.00 bits per heavy atom. The summed E-state index contributed by atoms with van der Waals surface area (Å²) in [6.45, 7) is 3.26. The highest BCUT2D eigenvalue weighted by Crippen LogP contribution is 2.39. The normalized spacial score (nSPS) is 18.7. The number of nitrogens with one attached hydrogen (secondary N) is 1. The zero-order chi connectivity index (χ0) is 25.7. The van der Waals surface area contributed by atoms with Gasteiger partial charge in [-0.15, -0.1) is 0 Å². The van der Waals surface area contributed by atoms with Gasteiger partial charge in [-0.05, 0) is 54.4 Å². The summed E-state index contributed by atoms with van der Waals surface area (Å²) in [6.07, 6.45) is 0.507. The van der Waals surface area contributed by atoms with E-state index in [-0.39, 0.29) is 18.5 Å². The van der Waals surface area contributed by atoms with E-state index in [1.54, 1.807) is 29.2 Å². The summed E-state index contributed by atoms with van der Waals surface area (Å²) in [7, 11) is 0. The topological polar surface area (TPSA) is 61.8 Å². The van der Waals surface area contributed by atoms with Gasteiger partial charge in [-0.1, -0.05) is 36.4 Å². The van der Waals surface area contributed by atoms with Gasteiger partial charge in [-0.25, -0.2) is 18.0 Å². The predicted octanol–water partition coefficient (Wildman–Crippen LogP) is 5.54. The molecule has 5 nitrogen and oxygen atoms in total. The Hall–Kier alpha value is -3.36. The van der Waals surface area contributed by atoms with Crippen molar-refractivity contribution in [3.63, 3.8) is 0 Å². The van der Waals surface area contributed by atoms with Gasteiger partial charge in [0.2, 0.25) is 0 Å². The highest BCUT2D eigenvalue weighted by Gasteiger charge is 2.43. The number of aliphatic hydroxyl groups is 1. The largest absolute Gasteiger partial charge is 0.438 e. The molecule has 3 aromatic rings. The van der Waals surface area contributed by atoms with Gasteiger partial charge in [-0.2, -0.15) is 0 Å². The average Bonchev–Trinajstić information content (AvgIpc) is 2.87. The molecule has 0 radical (unpaired) electrons. The fourth-order valence-corrected chi connectivity index (χ4v) is 4.64. The highest BCUT2D eigenvalue weighted by atomic mass is 19.1. The van der Waals surface area contributed by atoms with Crippen LogP contribution in [0.2, 0.25) is 0 Å². The molecule has 36 heavy (non-hydrogen) atoms. The molecule has 1 amide bonds. The molecule has 190 valence electrons. The second-order valence-corrected chi connectivity index (χ2v) is 8.96. The monoisotopic (exact) mass is 498 g/mol. The maximum atomic E-state index is 14.2. The summed E-state index contributed by atoms with van der Waals surface area (Å²) in [5, 5.41) is 12.1. The molecule has 1 saturated heterocycles. The van der Waals surface area contributed by atoms with Gasteiger partial charge >= 0.3 is 6.09 Å². The minimum atomic E-state index is -0.909. The van der Waals surface area contributed by atoms with Crippen LogP contribution in [0, 0.1) is 17.5 Å². The summed E-state index contributed by atoms with van der Waals surface area (Å²) in [5.74, 6) is -1.64. The molecule has 1 heterocycles. The van der Waals surface area contributed by atoms with Crippen molar-refractivity contribution in [1.82, 2.24) is 10.2 Å². The van der Waals surface area contributed by atoms with E-state index in [0.29, 0.717) is 43.6 Å². The van der Waals surface area contributed by atoms with Gasteiger partial charge in [0.1, 0.15) is 23.1 Å². The van der Waals surface area contributed by atoms with E-state index < -0.39 is 23.3 Å². The number of aliphatic hydroxyl groups excluding tert-OH is 1. The van der Waals surface area contributed by atoms with Gasteiger partial charge in [0, 0.05) is 37.6 Å². The lowest BCUT2D eigenvalue weighted by atomic mass is 9.85. The lowest BCUT2D eigenvalue weighted by Crippen LogP contribution is -2.49. The van der Waals surface area contributed by atoms with Crippen molar-refractivity contribution in [1.29, 1.82) is 0 Å². The third kappa shape index (κ3) is 5.55. The van der Waals surface area contributed by atoms with Gasteiger partial charge in [0.15, 0.2) is 0 Å². The molecule has 0 aliphatic carbocycles. The van der Waals surface area contributed by atoms with E-state index in [1.807, 2.05) is 19.1 Å². The van der Waals surface area contributed by atoms with Crippen molar-refractivity contribution < 1.29 is 27.8 Å². The van der Waals surface area contributed by atoms with Crippen molar-refractivity contribution in [2.45, 2.75) is 31.4 Å². The summed E-state index contributed by atoms with van der Waals surface area (Å²) < 4.78 is 47.0. The minimum Gasteiger partial charge on any atom is -0.438 e. The quantitative estimate of drug-likeness (QED) is 0.380. The van der Waals surface area contributed by atoms with Gasteiger partial charge < -0.3 is 20.1 Å². The van der Waals surface area contributed by atoms with Crippen molar-refractivity contribution >= 4 is 6.09 Å². The van der Waals surface area contributed by atoms with E-state index in [2.05, 4.69) is 5.32 Å². The van der Waals surface area contributed by atoms with Crippen LogP contribution in [0.5, 0.6) is 0 Å². The number of benzene rings is 3. The van der Waals surface area contributed by atoms with Crippen LogP contribution in [0.4, 0.5) is 18.0 Å². The molecule has 0 bridgehead atoms. The number of ether oxygens (including phenoxy) is 1. The first-order valence-corrected chi connectivity index (χ1v) is 12.0. The molecular weight excluding hydrogens is 469 g/mol. The second-order valence-electron chi connectivity index (χ2n) is 8.96. The summed E-state index contributed by atoms with van der Waals surface area (Å²) in [6, 6.07) is 16.3. The molecule has 0 spiro atoms. The number of carbonyl (C=O) groups is 1. The van der Waals surface area contributed by atoms with Gasteiger partial charge in [-0.3, -0.25) is 0 Å². The standard InChI is InChI=1S/C28H29F3N2O3/c1-19(20-2-4-21(5-3-20)25-11-10-24(30)18-26(25)31)33-16-13-28(36-27(33)35,12-14-32-15-17-34)22-6-8-23(29)9-7-22/h2-11,18-19,32,34H,12-17H2,1H3. The molecular formula is C28H29F3N2O3. The van der Waals surface area contributed by atoms with Crippen LogP contribution in [0.15, 0.2) is 66.7 Å². The van der Waals surface area contributed by atoms with E-state index in [1.165, 1.54) is 24.3 Å². The van der Waals surface area contributed by atoms with Crippen molar-refractivity contribution in [2.24, 2.45) is 0 Å². The Balaban J connectivity index is 1.50.